The fraction of sp³-hybridized carbons (Fsp3) is 0.500. The largest absolute Gasteiger partial charge is 0.437 e. The molecular formula is C12H17N3O3S. The number of hydrogen-bond donors (Lipinski definition) is 2. The van der Waals surface area contributed by atoms with Gasteiger partial charge >= 0.3 is 5.76 Å². The number of aliphatic hydroxyl groups excluding tert-OH is 1. The van der Waals surface area contributed by atoms with E-state index < -0.39 is 17.9 Å². The fourth-order valence-electron chi connectivity index (χ4n) is 1.63. The number of hydrogen-bond acceptors (Lipinski definition) is 6. The SMILES string of the molecule is CC(C)[C@H](N)[C@@H](O)c1nn(Cc2ccsc2)c(=O)o1. The Morgan fingerprint density at radius 3 is 2.89 bits per heavy atom. The van der Waals surface area contributed by atoms with Crippen molar-refractivity contribution in [1.29, 1.82) is 0 Å². The highest BCUT2D eigenvalue weighted by molar-refractivity contribution is 7.07. The topological polar surface area (TPSA) is 94.3 Å². The monoisotopic (exact) mass is 283 g/mol. The van der Waals surface area contributed by atoms with Crippen molar-refractivity contribution in [3.63, 3.8) is 0 Å². The van der Waals surface area contributed by atoms with Crippen molar-refractivity contribution in [2.24, 2.45) is 11.7 Å². The molecule has 0 unspecified atom stereocenters. The Balaban J connectivity index is 2.19. The third-order valence-corrected chi connectivity index (χ3v) is 3.65. The van der Waals surface area contributed by atoms with E-state index in [2.05, 4.69) is 5.10 Å². The van der Waals surface area contributed by atoms with Gasteiger partial charge in [-0.2, -0.15) is 16.0 Å². The summed E-state index contributed by atoms with van der Waals surface area (Å²) in [6.45, 7) is 4.10. The van der Waals surface area contributed by atoms with Crippen molar-refractivity contribution < 1.29 is 9.52 Å². The zero-order valence-corrected chi connectivity index (χ0v) is 11.6. The lowest BCUT2D eigenvalue weighted by molar-refractivity contribution is 0.0958. The lowest BCUT2D eigenvalue weighted by atomic mass is 10.00. The standard InChI is InChI=1S/C12H17N3O3S/c1-7(2)9(13)10(16)11-14-15(12(17)18-11)5-8-3-4-19-6-8/h3-4,6-7,9-10,16H,5,13H2,1-2H3/t9-,10+/m0/s1. The first-order valence-electron chi connectivity index (χ1n) is 6.01. The summed E-state index contributed by atoms with van der Waals surface area (Å²) in [5, 5.41) is 17.8. The van der Waals surface area contributed by atoms with Crippen LogP contribution in [0.1, 0.15) is 31.4 Å². The van der Waals surface area contributed by atoms with E-state index in [0.29, 0.717) is 6.54 Å². The summed E-state index contributed by atoms with van der Waals surface area (Å²) in [4.78, 5) is 11.6. The smallest absolute Gasteiger partial charge is 0.389 e. The summed E-state index contributed by atoms with van der Waals surface area (Å²) < 4.78 is 6.15. The van der Waals surface area contributed by atoms with Gasteiger partial charge in [0.15, 0.2) is 0 Å². The zero-order chi connectivity index (χ0) is 14.0. The lowest BCUT2D eigenvalue weighted by Crippen LogP contribution is -2.33. The van der Waals surface area contributed by atoms with Gasteiger partial charge in [0, 0.05) is 6.04 Å². The maximum atomic E-state index is 11.6. The maximum absolute atomic E-state index is 11.6. The molecule has 0 bridgehead atoms. The van der Waals surface area contributed by atoms with Gasteiger partial charge in [-0.3, -0.25) is 0 Å². The molecule has 6 nitrogen and oxygen atoms in total. The van der Waals surface area contributed by atoms with E-state index in [1.54, 1.807) is 11.3 Å². The lowest BCUT2D eigenvalue weighted by Gasteiger charge is -2.18. The van der Waals surface area contributed by atoms with Gasteiger partial charge in [-0.25, -0.2) is 4.79 Å². The quantitative estimate of drug-likeness (QED) is 0.852. The van der Waals surface area contributed by atoms with Crippen molar-refractivity contribution in [2.75, 3.05) is 0 Å². The average Bonchev–Trinajstić information content (AvgIpc) is 2.99. The first-order valence-corrected chi connectivity index (χ1v) is 6.96. The normalized spacial score (nSPS) is 14.8. The second-order valence-corrected chi connectivity index (χ2v) is 5.54. The third-order valence-electron chi connectivity index (χ3n) is 2.92. The summed E-state index contributed by atoms with van der Waals surface area (Å²) >= 11 is 1.54. The van der Waals surface area contributed by atoms with Crippen LogP contribution >= 0.6 is 11.3 Å². The molecule has 0 saturated carbocycles. The first kappa shape index (κ1) is 14.0. The Bertz CT molecular complexity index is 573. The maximum Gasteiger partial charge on any atom is 0.437 e. The van der Waals surface area contributed by atoms with E-state index >= 15 is 0 Å². The zero-order valence-electron chi connectivity index (χ0n) is 10.8. The van der Waals surface area contributed by atoms with Gasteiger partial charge in [-0.1, -0.05) is 13.8 Å². The Kier molecular flexibility index (Phi) is 4.18. The number of nitrogens with two attached hydrogens (primary N) is 1. The van der Waals surface area contributed by atoms with Crippen LogP contribution in [0.25, 0.3) is 0 Å². The summed E-state index contributed by atoms with van der Waals surface area (Å²) in [7, 11) is 0. The molecule has 0 aromatic carbocycles. The van der Waals surface area contributed by atoms with Gasteiger partial charge < -0.3 is 15.3 Å². The fourth-order valence-corrected chi connectivity index (χ4v) is 2.29. The Labute approximate surface area is 114 Å². The number of thiophene rings is 1. The van der Waals surface area contributed by atoms with Gasteiger partial charge in [-0.05, 0) is 28.3 Å². The van der Waals surface area contributed by atoms with Crippen LogP contribution < -0.4 is 11.5 Å². The highest BCUT2D eigenvalue weighted by Crippen LogP contribution is 2.17. The summed E-state index contributed by atoms with van der Waals surface area (Å²) in [5.74, 6) is -0.556. The molecule has 2 heterocycles. The number of nitrogens with zero attached hydrogens (tertiary/aromatic N) is 2. The minimum Gasteiger partial charge on any atom is -0.389 e. The molecule has 104 valence electrons. The number of aliphatic hydroxyl groups is 1. The molecule has 0 aliphatic carbocycles. The van der Waals surface area contributed by atoms with E-state index in [-0.39, 0.29) is 11.8 Å². The van der Waals surface area contributed by atoms with Crippen molar-refractivity contribution >= 4 is 11.3 Å². The predicted molar refractivity (Wildman–Crippen MR) is 72.0 cm³/mol. The molecule has 2 rings (SSSR count). The van der Waals surface area contributed by atoms with Crippen LogP contribution in [0.2, 0.25) is 0 Å². The first-order chi connectivity index (χ1) is 8.99. The van der Waals surface area contributed by atoms with E-state index in [4.69, 9.17) is 10.2 Å². The van der Waals surface area contributed by atoms with Gasteiger partial charge in [0.05, 0.1) is 6.54 Å². The van der Waals surface area contributed by atoms with Crippen LogP contribution in [0.4, 0.5) is 0 Å². The van der Waals surface area contributed by atoms with Crippen LogP contribution in [-0.4, -0.2) is 20.9 Å². The molecule has 19 heavy (non-hydrogen) atoms. The molecule has 0 aliphatic rings. The van der Waals surface area contributed by atoms with E-state index in [9.17, 15) is 9.90 Å². The summed E-state index contributed by atoms with van der Waals surface area (Å²) in [5.41, 5.74) is 6.79. The second kappa shape index (κ2) is 5.68. The third kappa shape index (κ3) is 3.12. The molecule has 0 fully saturated rings. The van der Waals surface area contributed by atoms with Crippen LogP contribution in [0.3, 0.4) is 0 Å². The Hall–Kier alpha value is -1.44. The molecule has 0 spiro atoms. The van der Waals surface area contributed by atoms with Crippen LogP contribution in [0, 0.1) is 5.92 Å². The molecule has 0 saturated heterocycles. The molecule has 3 N–H and O–H groups in total. The van der Waals surface area contributed by atoms with Crippen LogP contribution in [0.5, 0.6) is 0 Å². The van der Waals surface area contributed by atoms with E-state index in [1.165, 1.54) is 4.68 Å². The van der Waals surface area contributed by atoms with Crippen molar-refractivity contribution in [3.8, 4) is 0 Å². The molecular weight excluding hydrogens is 266 g/mol. The summed E-state index contributed by atoms with van der Waals surface area (Å²) in [6, 6.07) is 1.38. The highest BCUT2D eigenvalue weighted by Gasteiger charge is 2.25. The van der Waals surface area contributed by atoms with Crippen molar-refractivity contribution in [2.45, 2.75) is 32.5 Å². The number of aromatic nitrogens is 2. The van der Waals surface area contributed by atoms with Gasteiger partial charge in [0.25, 0.3) is 0 Å². The predicted octanol–water partition coefficient (Wildman–Crippen LogP) is 0.963. The molecule has 2 aromatic rings. The average molecular weight is 283 g/mol. The van der Waals surface area contributed by atoms with Gasteiger partial charge in [-0.15, -0.1) is 5.10 Å². The Morgan fingerprint density at radius 2 is 2.32 bits per heavy atom. The van der Waals surface area contributed by atoms with Crippen LogP contribution in [-0.2, 0) is 6.54 Å². The van der Waals surface area contributed by atoms with Gasteiger partial charge in [0.2, 0.25) is 5.89 Å². The number of rotatable bonds is 5. The van der Waals surface area contributed by atoms with E-state index in [0.717, 1.165) is 5.56 Å². The molecule has 0 radical (unpaired) electrons. The molecule has 2 atom stereocenters. The highest BCUT2D eigenvalue weighted by atomic mass is 32.1. The molecule has 0 amide bonds. The van der Waals surface area contributed by atoms with Crippen molar-refractivity contribution in [1.82, 2.24) is 9.78 Å². The second-order valence-electron chi connectivity index (χ2n) is 4.76. The minimum absolute atomic E-state index is 0.0265. The van der Waals surface area contributed by atoms with Crippen LogP contribution in [0.15, 0.2) is 26.0 Å². The van der Waals surface area contributed by atoms with Crippen molar-refractivity contribution in [3.05, 3.63) is 38.8 Å². The summed E-state index contributed by atoms with van der Waals surface area (Å²) in [6.07, 6.45) is -1.07. The van der Waals surface area contributed by atoms with E-state index in [1.807, 2.05) is 30.7 Å². The Morgan fingerprint density at radius 1 is 1.58 bits per heavy atom. The van der Waals surface area contributed by atoms with Gasteiger partial charge in [0.1, 0.15) is 6.10 Å². The molecule has 0 aliphatic heterocycles. The molecule has 7 heteroatoms. The minimum atomic E-state index is -1.07. The molecule has 2 aromatic heterocycles.